The van der Waals surface area contributed by atoms with Crippen LogP contribution in [0.1, 0.15) is 0 Å². The minimum Gasteiger partial charge on any atom is 0 e. The van der Waals surface area contributed by atoms with E-state index in [9.17, 15) is 0 Å². The van der Waals surface area contributed by atoms with E-state index in [-0.39, 0.29) is 200 Å². The third kappa shape index (κ3) is 32.7. The first-order valence-corrected chi connectivity index (χ1v) is 0. The van der Waals surface area contributed by atoms with E-state index in [0.717, 1.165) is 0 Å². The molecule has 0 aliphatic carbocycles. The van der Waals surface area contributed by atoms with Gasteiger partial charge in [-0.05, 0) is 0 Å². The summed E-state index contributed by atoms with van der Waals surface area (Å²) < 4.78 is 0. The minimum absolute atomic E-state index is 0. The van der Waals surface area contributed by atoms with Crippen LogP contribution in [0.25, 0.3) is 0 Å². The molecule has 0 aromatic heterocycles. The van der Waals surface area contributed by atoms with Crippen LogP contribution in [0.5, 0.6) is 0 Å². The topological polar surface area (TPSA) is 31.5 Å². The summed E-state index contributed by atoms with van der Waals surface area (Å²) in [6, 6.07) is 0. The van der Waals surface area contributed by atoms with E-state index >= 15 is 0 Å². The monoisotopic (exact) mass is 653 g/mol. The van der Waals surface area contributed by atoms with Crippen LogP contribution < -0.4 is 0 Å². The van der Waals surface area contributed by atoms with Crippen LogP contribution in [-0.2, 0) is 49.8 Å². The molecule has 0 amide bonds. The van der Waals surface area contributed by atoms with Gasteiger partial charge in [0.15, 0.2) is 0 Å². The predicted molar refractivity (Wildman–Crippen MR) is 30.6 cm³/mol. The Morgan fingerprint density at radius 2 is 1.00 bits per heavy atom. The summed E-state index contributed by atoms with van der Waals surface area (Å²) in [5, 5.41) is 0. The maximum Gasteiger partial charge on any atom is 0 e. The van der Waals surface area contributed by atoms with Crippen LogP contribution in [0.15, 0.2) is 0 Å². The molecule has 0 unspecified atom stereocenters. The molecule has 0 saturated heterocycles. The summed E-state index contributed by atoms with van der Waals surface area (Å²) in [5.41, 5.74) is 0. The molecule has 0 heterocycles. The van der Waals surface area contributed by atoms with Crippen LogP contribution in [0.4, 0.5) is 0 Å². The molecule has 0 rings (SSSR count). The van der Waals surface area contributed by atoms with Crippen molar-refractivity contribution in [3.8, 4) is 0 Å². The second kappa shape index (κ2) is 39.3. The molecule has 0 aromatic rings. The molecule has 0 aromatic carbocycles. The maximum atomic E-state index is 0. The van der Waals surface area contributed by atoms with Crippen LogP contribution in [0, 0.1) is 35.6 Å². The van der Waals surface area contributed by atoms with E-state index in [4.69, 9.17) is 0 Å². The molecular weight excluding hydrogens is 644 g/mol. The summed E-state index contributed by atoms with van der Waals surface area (Å²) in [5.74, 6) is 0. The van der Waals surface area contributed by atoms with E-state index in [2.05, 4.69) is 0 Å². The van der Waals surface area contributed by atoms with Gasteiger partial charge in [-0.2, -0.15) is 0 Å². The third-order valence-corrected chi connectivity index (χ3v) is 0. The van der Waals surface area contributed by atoms with Gasteiger partial charge in [-0.3, -0.25) is 0 Å². The zero-order valence-electron chi connectivity index (χ0n) is 2.66. The second-order valence-electron chi connectivity index (χ2n) is 0. The Hall–Kier alpha value is 6.40. The zero-order valence-corrected chi connectivity index (χ0v) is 15.6. The quantitative estimate of drug-likeness (QED) is 0.241. The van der Waals surface area contributed by atoms with E-state index in [1.807, 2.05) is 0 Å². The molecule has 0 fully saturated rings. The Morgan fingerprint density at radius 3 is 1.00 bits per heavy atom. The number of hydrogen-bond acceptors (Lipinski definition) is 0. The van der Waals surface area contributed by atoms with Crippen molar-refractivity contribution in [3.63, 3.8) is 0 Å². The van der Waals surface area contributed by atoms with Crippen LogP contribution in [0.3, 0.4) is 0 Å². The van der Waals surface area contributed by atoms with Gasteiger partial charge in [-0.1, -0.05) is 0 Å². The van der Waals surface area contributed by atoms with Gasteiger partial charge in [0.05, 0.1) is 0 Å². The molecule has 0 saturated carbocycles. The summed E-state index contributed by atoms with van der Waals surface area (Å²) in [6.45, 7) is 0. The van der Waals surface area contributed by atoms with E-state index < -0.39 is 0 Å². The van der Waals surface area contributed by atoms with Crippen LogP contribution >= 0.6 is 0 Å². The number of hydrogen-bond donors (Lipinski definition) is 0. The van der Waals surface area contributed by atoms with Crippen molar-refractivity contribution in [3.05, 3.63) is 0 Å². The van der Waals surface area contributed by atoms with Gasteiger partial charge in [-0.15, -0.1) is 0 Å². The Labute approximate surface area is 194 Å². The fourth-order valence-electron chi connectivity index (χ4n) is 0. The van der Waals surface area contributed by atoms with Gasteiger partial charge in [0.2, 0.25) is 0 Å². The molecule has 2 N–H and O–H groups in total. The van der Waals surface area contributed by atoms with Crippen molar-refractivity contribution in [1.82, 2.24) is 0 Å². The van der Waals surface area contributed by atoms with Crippen LogP contribution in [0.2, 0.25) is 0 Å². The van der Waals surface area contributed by atoms with Gasteiger partial charge in [0.25, 0.3) is 0 Å². The van der Waals surface area contributed by atoms with Gasteiger partial charge >= 0.3 is 109 Å². The molecule has 7 heavy (non-hydrogen) atoms. The fraction of sp³-hybridized carbons (Fsp3) is 0. The first-order valence-electron chi connectivity index (χ1n) is 0. The Morgan fingerprint density at radius 1 is 1.00 bits per heavy atom. The van der Waals surface area contributed by atoms with Crippen molar-refractivity contribution < 1.29 is 90.9 Å². The summed E-state index contributed by atoms with van der Waals surface area (Å²) >= 11 is 0. The predicted octanol–water partition coefficient (Wildman–Crippen LogP) is -3.85. The van der Waals surface area contributed by atoms with Gasteiger partial charge in [0, 0.05) is 85.4 Å². The molecule has 41 valence electrons. The Bertz CT molecular complexity index is 19.7. The average Bonchev–Trinajstić information content (AvgIpc) is 0. The molecule has 7 heteroatoms. The number of rotatable bonds is 0. The fourth-order valence-corrected chi connectivity index (χ4v) is 0. The van der Waals surface area contributed by atoms with Gasteiger partial charge < -0.3 is 5.48 Å². The smallest absolute Gasteiger partial charge is 0 e. The standard InChI is InChI=1S/Bi.Ca.Cu.La.H2O.Sr.Y.7H/h;;;;1H2;;;;;;;;;. The molecule has 0 atom stereocenters. The van der Waals surface area contributed by atoms with Crippen molar-refractivity contribution in [1.29, 1.82) is 0 Å². The van der Waals surface area contributed by atoms with Crippen molar-refractivity contribution in [2.24, 2.45) is 0 Å². The van der Waals surface area contributed by atoms with E-state index in [1.165, 1.54) is 0 Å². The van der Waals surface area contributed by atoms with Crippen LogP contribution in [-0.4, -0.2) is 115 Å². The molecule has 0 bridgehead atoms. The normalized spacial score (nSPS) is 0. The summed E-state index contributed by atoms with van der Waals surface area (Å²) in [6.07, 6.45) is 0. The molecular formula is H9BiCaCuLaOSrY. The van der Waals surface area contributed by atoms with Gasteiger partial charge in [-0.25, -0.2) is 0 Å². The molecule has 3 radical (unpaired) electrons. The van der Waals surface area contributed by atoms with Crippen molar-refractivity contribution in [2.75, 3.05) is 0 Å². The molecule has 0 spiro atoms. The van der Waals surface area contributed by atoms with Gasteiger partial charge in [0.1, 0.15) is 0 Å². The summed E-state index contributed by atoms with van der Waals surface area (Å²) in [4.78, 5) is 0. The minimum atomic E-state index is 0. The first kappa shape index (κ1) is 50.3. The van der Waals surface area contributed by atoms with Crippen molar-refractivity contribution >= 4 is 109 Å². The SMILES string of the molecule is O.[BiH3].[CaH2].[Cu].[La].[SrH2].[Y]. The molecule has 0 aliphatic rings. The largest absolute Gasteiger partial charge is 0 e. The second-order valence-corrected chi connectivity index (χ2v) is 0. The van der Waals surface area contributed by atoms with Crippen molar-refractivity contribution in [2.45, 2.75) is 0 Å². The first-order chi connectivity index (χ1) is 0. The molecule has 0 aliphatic heterocycles. The van der Waals surface area contributed by atoms with E-state index in [0.29, 0.717) is 0 Å². The Kier molecular flexibility index (Phi) is 283. The maximum absolute atomic E-state index is 0. The van der Waals surface area contributed by atoms with E-state index in [1.54, 1.807) is 0 Å². The Balaban J connectivity index is 0. The third-order valence-electron chi connectivity index (χ3n) is 0. The zero-order chi connectivity index (χ0) is 0. The molecule has 1 nitrogen and oxygen atoms in total. The average molecular weight is 653 g/mol. The summed E-state index contributed by atoms with van der Waals surface area (Å²) in [7, 11) is 0.